The Morgan fingerprint density at radius 1 is 1.25 bits per heavy atom. The van der Waals surface area contributed by atoms with E-state index in [-0.39, 0.29) is 5.25 Å². The molecule has 0 aliphatic rings. The first-order valence-electron chi connectivity index (χ1n) is 4.38. The zero-order chi connectivity index (χ0) is 9.78. The summed E-state index contributed by atoms with van der Waals surface area (Å²) in [6, 6.07) is 0. The molecule has 1 unspecified atom stereocenters. The van der Waals surface area contributed by atoms with Crippen LogP contribution in [0, 0.1) is 5.92 Å². The normalized spacial score (nSPS) is 15.1. The fourth-order valence-corrected chi connectivity index (χ4v) is 1.42. The maximum atomic E-state index is 11.2. The van der Waals surface area contributed by atoms with Crippen LogP contribution in [0.3, 0.4) is 0 Å². The quantitative estimate of drug-likeness (QED) is 0.716. The molecule has 0 aromatic rings. The topological polar surface area (TPSA) is 46.2 Å². The SMILES string of the molecule is CCC(C)CNS(=O)(=O)C(C)C. The van der Waals surface area contributed by atoms with Crippen LogP contribution in [0.15, 0.2) is 0 Å². The minimum Gasteiger partial charge on any atom is -0.215 e. The molecule has 0 bridgehead atoms. The number of hydrogen-bond acceptors (Lipinski definition) is 2. The second kappa shape index (κ2) is 4.82. The summed E-state index contributed by atoms with van der Waals surface area (Å²) in [5, 5.41) is -0.332. The van der Waals surface area contributed by atoms with Crippen LogP contribution in [-0.4, -0.2) is 20.2 Å². The zero-order valence-electron chi connectivity index (χ0n) is 8.29. The van der Waals surface area contributed by atoms with Crippen LogP contribution >= 0.6 is 0 Å². The highest BCUT2D eigenvalue weighted by Gasteiger charge is 2.15. The molecular weight excluding hydrogens is 174 g/mol. The van der Waals surface area contributed by atoms with E-state index in [0.717, 1.165) is 6.42 Å². The van der Waals surface area contributed by atoms with Gasteiger partial charge in [-0.25, -0.2) is 13.1 Å². The molecule has 3 nitrogen and oxygen atoms in total. The molecule has 1 N–H and O–H groups in total. The molecule has 12 heavy (non-hydrogen) atoms. The maximum Gasteiger partial charge on any atom is 0.213 e. The zero-order valence-corrected chi connectivity index (χ0v) is 9.11. The lowest BCUT2D eigenvalue weighted by Gasteiger charge is -2.12. The first-order chi connectivity index (χ1) is 5.40. The fourth-order valence-electron chi connectivity index (χ4n) is 0.569. The van der Waals surface area contributed by atoms with Gasteiger partial charge in [-0.3, -0.25) is 0 Å². The summed E-state index contributed by atoms with van der Waals surface area (Å²) < 4.78 is 25.1. The summed E-state index contributed by atoms with van der Waals surface area (Å²) in [6.45, 7) is 7.99. The molecule has 4 heteroatoms. The molecule has 0 aliphatic carbocycles. The molecule has 0 aromatic heterocycles. The van der Waals surface area contributed by atoms with E-state index >= 15 is 0 Å². The Morgan fingerprint density at radius 2 is 1.75 bits per heavy atom. The monoisotopic (exact) mass is 193 g/mol. The smallest absolute Gasteiger partial charge is 0.213 e. The molecule has 0 aliphatic heterocycles. The lowest BCUT2D eigenvalue weighted by Crippen LogP contribution is -2.33. The molecule has 74 valence electrons. The molecule has 0 aromatic carbocycles. The van der Waals surface area contributed by atoms with Crippen molar-refractivity contribution in [3.8, 4) is 0 Å². The van der Waals surface area contributed by atoms with E-state index in [1.165, 1.54) is 0 Å². The Morgan fingerprint density at radius 3 is 2.08 bits per heavy atom. The third-order valence-corrected chi connectivity index (χ3v) is 3.76. The summed E-state index contributed by atoms with van der Waals surface area (Å²) in [7, 11) is -3.05. The van der Waals surface area contributed by atoms with Crippen LogP contribution in [0.5, 0.6) is 0 Å². The number of rotatable bonds is 5. The molecule has 0 rings (SSSR count). The van der Waals surface area contributed by atoms with Crippen molar-refractivity contribution in [3.05, 3.63) is 0 Å². The minimum absolute atomic E-state index is 0.332. The van der Waals surface area contributed by atoms with Crippen LogP contribution < -0.4 is 4.72 Å². The van der Waals surface area contributed by atoms with Crippen molar-refractivity contribution in [2.45, 2.75) is 39.4 Å². The van der Waals surface area contributed by atoms with Crippen molar-refractivity contribution < 1.29 is 8.42 Å². The highest BCUT2D eigenvalue weighted by molar-refractivity contribution is 7.90. The Labute approximate surface area is 75.6 Å². The van der Waals surface area contributed by atoms with Gasteiger partial charge in [0, 0.05) is 6.54 Å². The third kappa shape index (κ3) is 4.07. The van der Waals surface area contributed by atoms with E-state index in [1.807, 2.05) is 13.8 Å². The summed E-state index contributed by atoms with van der Waals surface area (Å²) in [5.41, 5.74) is 0. The van der Waals surface area contributed by atoms with Crippen molar-refractivity contribution in [1.29, 1.82) is 0 Å². The lowest BCUT2D eigenvalue weighted by molar-refractivity contribution is 0.524. The minimum atomic E-state index is -3.05. The van der Waals surface area contributed by atoms with Crippen LogP contribution in [0.2, 0.25) is 0 Å². The van der Waals surface area contributed by atoms with E-state index in [0.29, 0.717) is 12.5 Å². The van der Waals surface area contributed by atoms with Crippen LogP contribution in [-0.2, 0) is 10.0 Å². The molecule has 0 heterocycles. The molecule has 1 atom stereocenters. The summed E-state index contributed by atoms with van der Waals surface area (Å²) in [4.78, 5) is 0. The number of nitrogens with one attached hydrogen (secondary N) is 1. The van der Waals surface area contributed by atoms with E-state index in [9.17, 15) is 8.42 Å². The second-order valence-corrected chi connectivity index (χ2v) is 5.78. The van der Waals surface area contributed by atoms with Crippen molar-refractivity contribution in [1.82, 2.24) is 4.72 Å². The largest absolute Gasteiger partial charge is 0.215 e. The maximum absolute atomic E-state index is 11.2. The highest BCUT2D eigenvalue weighted by atomic mass is 32.2. The van der Waals surface area contributed by atoms with Gasteiger partial charge in [0.15, 0.2) is 0 Å². The Balaban J connectivity index is 3.94. The highest BCUT2D eigenvalue weighted by Crippen LogP contribution is 2.01. The van der Waals surface area contributed by atoms with Gasteiger partial charge in [0.05, 0.1) is 5.25 Å². The van der Waals surface area contributed by atoms with Crippen LogP contribution in [0.1, 0.15) is 34.1 Å². The van der Waals surface area contributed by atoms with Gasteiger partial charge in [-0.05, 0) is 19.8 Å². The lowest BCUT2D eigenvalue weighted by atomic mass is 10.1. The van der Waals surface area contributed by atoms with E-state index in [1.54, 1.807) is 13.8 Å². The summed E-state index contributed by atoms with van der Waals surface area (Å²) in [5.74, 6) is 0.415. The van der Waals surface area contributed by atoms with E-state index in [4.69, 9.17) is 0 Å². The van der Waals surface area contributed by atoms with Crippen molar-refractivity contribution >= 4 is 10.0 Å². The van der Waals surface area contributed by atoms with Crippen LogP contribution in [0.4, 0.5) is 0 Å². The van der Waals surface area contributed by atoms with Gasteiger partial charge >= 0.3 is 0 Å². The predicted octanol–water partition coefficient (Wildman–Crippen LogP) is 1.36. The van der Waals surface area contributed by atoms with Gasteiger partial charge in [0.1, 0.15) is 0 Å². The average molecular weight is 193 g/mol. The summed E-state index contributed by atoms with van der Waals surface area (Å²) >= 11 is 0. The Hall–Kier alpha value is -0.0900. The predicted molar refractivity (Wildman–Crippen MR) is 51.5 cm³/mol. The van der Waals surface area contributed by atoms with Gasteiger partial charge in [-0.2, -0.15) is 0 Å². The molecular formula is C8H19NO2S. The van der Waals surface area contributed by atoms with Crippen molar-refractivity contribution in [3.63, 3.8) is 0 Å². The van der Waals surface area contributed by atoms with Crippen molar-refractivity contribution in [2.24, 2.45) is 5.92 Å². The number of sulfonamides is 1. The summed E-state index contributed by atoms with van der Waals surface area (Å²) in [6.07, 6.45) is 1.00. The third-order valence-electron chi connectivity index (χ3n) is 1.95. The average Bonchev–Trinajstić information content (AvgIpc) is 2.00. The molecule has 0 amide bonds. The van der Waals surface area contributed by atoms with Gasteiger partial charge in [0.2, 0.25) is 10.0 Å². The molecule has 0 fully saturated rings. The fraction of sp³-hybridized carbons (Fsp3) is 1.00. The van der Waals surface area contributed by atoms with Crippen LogP contribution in [0.25, 0.3) is 0 Å². The van der Waals surface area contributed by atoms with E-state index in [2.05, 4.69) is 4.72 Å². The standard InChI is InChI=1S/C8H19NO2S/c1-5-8(4)6-9-12(10,11)7(2)3/h7-9H,5-6H2,1-4H3. The number of hydrogen-bond donors (Lipinski definition) is 1. The molecule has 0 spiro atoms. The second-order valence-electron chi connectivity index (χ2n) is 3.46. The molecule has 0 radical (unpaired) electrons. The first-order valence-corrected chi connectivity index (χ1v) is 5.93. The van der Waals surface area contributed by atoms with Gasteiger partial charge < -0.3 is 0 Å². The van der Waals surface area contributed by atoms with Gasteiger partial charge in [-0.1, -0.05) is 20.3 Å². The van der Waals surface area contributed by atoms with E-state index < -0.39 is 10.0 Å². The van der Waals surface area contributed by atoms with Gasteiger partial charge in [-0.15, -0.1) is 0 Å². The Bertz CT molecular complexity index is 209. The van der Waals surface area contributed by atoms with Gasteiger partial charge in [0.25, 0.3) is 0 Å². The first kappa shape index (κ1) is 11.9. The Kier molecular flexibility index (Phi) is 4.78. The van der Waals surface area contributed by atoms with Crippen molar-refractivity contribution in [2.75, 3.05) is 6.54 Å². The molecule has 0 saturated carbocycles. The molecule has 0 saturated heterocycles.